The van der Waals surface area contributed by atoms with Crippen molar-refractivity contribution in [2.45, 2.75) is 70.5 Å². The molecule has 0 spiro atoms. The molecule has 1 heterocycles. The first-order valence-electron chi connectivity index (χ1n) is 9.46. The first-order chi connectivity index (χ1) is 12.0. The lowest BCUT2D eigenvalue weighted by atomic mass is 9.89. The van der Waals surface area contributed by atoms with Crippen molar-refractivity contribution in [2.24, 2.45) is 0 Å². The molecule has 136 valence electrons. The van der Waals surface area contributed by atoms with Gasteiger partial charge in [0.15, 0.2) is 0 Å². The SMILES string of the molecule is Cc1cc(C)cc(C(=O)N[C@H]2CCCC[C@@H]2NC(=O)[C@@H]2CCCN2)c1. The fraction of sp³-hybridized carbons (Fsp3) is 0.600. The quantitative estimate of drug-likeness (QED) is 0.785. The Hall–Kier alpha value is -1.88. The summed E-state index contributed by atoms with van der Waals surface area (Å²) in [5.74, 6) is 0.0342. The van der Waals surface area contributed by atoms with Gasteiger partial charge in [-0.3, -0.25) is 9.59 Å². The van der Waals surface area contributed by atoms with Gasteiger partial charge in [-0.2, -0.15) is 0 Å². The minimum absolute atomic E-state index is 0.00687. The van der Waals surface area contributed by atoms with Crippen LogP contribution in [0.15, 0.2) is 18.2 Å². The minimum atomic E-state index is -0.0716. The second kappa shape index (κ2) is 8.00. The van der Waals surface area contributed by atoms with Crippen LogP contribution >= 0.6 is 0 Å². The highest BCUT2D eigenvalue weighted by atomic mass is 16.2. The average Bonchev–Trinajstić information content (AvgIpc) is 3.10. The zero-order valence-corrected chi connectivity index (χ0v) is 15.2. The minimum Gasteiger partial charge on any atom is -0.350 e. The summed E-state index contributed by atoms with van der Waals surface area (Å²) < 4.78 is 0. The number of rotatable bonds is 4. The normalized spacial score (nSPS) is 26.2. The Bertz CT molecular complexity index is 618. The molecule has 3 N–H and O–H groups in total. The number of aryl methyl sites for hydroxylation is 2. The Kier molecular flexibility index (Phi) is 5.74. The first-order valence-corrected chi connectivity index (χ1v) is 9.46. The molecule has 0 radical (unpaired) electrons. The van der Waals surface area contributed by atoms with Crippen molar-refractivity contribution in [3.8, 4) is 0 Å². The van der Waals surface area contributed by atoms with Gasteiger partial charge < -0.3 is 16.0 Å². The summed E-state index contributed by atoms with van der Waals surface area (Å²) in [7, 11) is 0. The van der Waals surface area contributed by atoms with Crippen LogP contribution in [0.4, 0.5) is 0 Å². The Morgan fingerprint density at radius 1 is 0.920 bits per heavy atom. The molecule has 1 aromatic rings. The highest BCUT2D eigenvalue weighted by Gasteiger charge is 2.31. The Morgan fingerprint density at radius 3 is 2.16 bits per heavy atom. The second-order valence-corrected chi connectivity index (χ2v) is 7.50. The largest absolute Gasteiger partial charge is 0.350 e. The van der Waals surface area contributed by atoms with Gasteiger partial charge in [0, 0.05) is 17.6 Å². The number of nitrogens with one attached hydrogen (secondary N) is 3. The summed E-state index contributed by atoms with van der Waals surface area (Å²) in [4.78, 5) is 25.1. The summed E-state index contributed by atoms with van der Waals surface area (Å²) in [6.45, 7) is 4.92. The van der Waals surface area contributed by atoms with Gasteiger partial charge in [-0.15, -0.1) is 0 Å². The van der Waals surface area contributed by atoms with Crippen molar-refractivity contribution in [2.75, 3.05) is 6.54 Å². The van der Waals surface area contributed by atoms with E-state index in [1.165, 1.54) is 0 Å². The maximum atomic E-state index is 12.7. The smallest absolute Gasteiger partial charge is 0.251 e. The van der Waals surface area contributed by atoms with Gasteiger partial charge in [0.05, 0.1) is 6.04 Å². The number of carbonyl (C=O) groups is 2. The van der Waals surface area contributed by atoms with Gasteiger partial charge in [-0.05, 0) is 58.2 Å². The number of carbonyl (C=O) groups excluding carboxylic acids is 2. The fourth-order valence-corrected chi connectivity index (χ4v) is 4.03. The van der Waals surface area contributed by atoms with Crippen molar-refractivity contribution >= 4 is 11.8 Å². The van der Waals surface area contributed by atoms with Crippen LogP contribution in [-0.4, -0.2) is 36.5 Å². The van der Waals surface area contributed by atoms with Crippen LogP contribution in [0, 0.1) is 13.8 Å². The zero-order chi connectivity index (χ0) is 17.8. The summed E-state index contributed by atoms with van der Waals surface area (Å²) in [5, 5.41) is 9.58. The molecule has 5 nitrogen and oxygen atoms in total. The van der Waals surface area contributed by atoms with Crippen LogP contribution in [0.1, 0.15) is 60.0 Å². The van der Waals surface area contributed by atoms with Crippen molar-refractivity contribution < 1.29 is 9.59 Å². The Morgan fingerprint density at radius 2 is 1.56 bits per heavy atom. The van der Waals surface area contributed by atoms with Crippen LogP contribution < -0.4 is 16.0 Å². The monoisotopic (exact) mass is 343 g/mol. The molecule has 1 saturated carbocycles. The zero-order valence-electron chi connectivity index (χ0n) is 15.2. The van der Waals surface area contributed by atoms with E-state index in [4.69, 9.17) is 0 Å². The van der Waals surface area contributed by atoms with Crippen LogP contribution in [0.3, 0.4) is 0 Å². The molecule has 25 heavy (non-hydrogen) atoms. The highest BCUT2D eigenvalue weighted by molar-refractivity contribution is 5.95. The van der Waals surface area contributed by atoms with Gasteiger partial charge in [-0.1, -0.05) is 30.0 Å². The molecule has 2 aliphatic rings. The third-order valence-electron chi connectivity index (χ3n) is 5.27. The lowest BCUT2D eigenvalue weighted by Crippen LogP contribution is -2.55. The van der Waals surface area contributed by atoms with E-state index in [0.717, 1.165) is 56.2 Å². The van der Waals surface area contributed by atoms with E-state index in [1.54, 1.807) is 0 Å². The molecule has 1 aliphatic carbocycles. The molecular weight excluding hydrogens is 314 g/mol. The molecule has 0 unspecified atom stereocenters. The van der Waals surface area contributed by atoms with Crippen molar-refractivity contribution in [1.29, 1.82) is 0 Å². The van der Waals surface area contributed by atoms with E-state index >= 15 is 0 Å². The molecule has 2 fully saturated rings. The summed E-state index contributed by atoms with van der Waals surface area (Å²) in [5.41, 5.74) is 2.88. The summed E-state index contributed by atoms with van der Waals surface area (Å²) in [6.07, 6.45) is 5.98. The number of hydrogen-bond acceptors (Lipinski definition) is 3. The maximum absolute atomic E-state index is 12.7. The average molecular weight is 343 g/mol. The maximum Gasteiger partial charge on any atom is 0.251 e. The first kappa shape index (κ1) is 17.9. The molecule has 1 aromatic carbocycles. The van der Waals surface area contributed by atoms with Crippen LogP contribution in [0.5, 0.6) is 0 Å². The summed E-state index contributed by atoms with van der Waals surface area (Å²) in [6, 6.07) is 5.86. The predicted octanol–water partition coefficient (Wildman–Crippen LogP) is 2.21. The molecule has 2 amide bonds. The molecule has 1 aliphatic heterocycles. The van der Waals surface area contributed by atoms with E-state index in [0.29, 0.717) is 5.56 Å². The Balaban J connectivity index is 1.64. The van der Waals surface area contributed by atoms with Crippen molar-refractivity contribution in [3.05, 3.63) is 34.9 Å². The van der Waals surface area contributed by atoms with E-state index in [-0.39, 0.29) is 29.9 Å². The number of amides is 2. The lowest BCUT2D eigenvalue weighted by Gasteiger charge is -2.33. The third kappa shape index (κ3) is 4.60. The third-order valence-corrected chi connectivity index (χ3v) is 5.27. The molecule has 1 saturated heterocycles. The van der Waals surface area contributed by atoms with E-state index < -0.39 is 0 Å². The summed E-state index contributed by atoms with van der Waals surface area (Å²) >= 11 is 0. The fourth-order valence-electron chi connectivity index (χ4n) is 4.03. The number of hydrogen-bond donors (Lipinski definition) is 3. The molecule has 5 heteroatoms. The lowest BCUT2D eigenvalue weighted by molar-refractivity contribution is -0.123. The van der Waals surface area contributed by atoms with Crippen LogP contribution in [-0.2, 0) is 4.79 Å². The topological polar surface area (TPSA) is 70.2 Å². The molecule has 3 rings (SSSR count). The standard InChI is InChI=1S/C20H29N3O2/c1-13-10-14(2)12-15(11-13)19(24)22-16-6-3-4-7-17(16)23-20(25)18-8-5-9-21-18/h10-12,16-18,21H,3-9H2,1-2H3,(H,22,24)(H,23,25)/t16-,17-,18-/m0/s1. The van der Waals surface area contributed by atoms with Gasteiger partial charge in [0.1, 0.15) is 0 Å². The van der Waals surface area contributed by atoms with E-state index in [1.807, 2.05) is 26.0 Å². The molecular formula is C20H29N3O2. The van der Waals surface area contributed by atoms with Crippen molar-refractivity contribution in [3.63, 3.8) is 0 Å². The predicted molar refractivity (Wildman–Crippen MR) is 98.6 cm³/mol. The molecule has 3 atom stereocenters. The van der Waals surface area contributed by atoms with Crippen LogP contribution in [0.25, 0.3) is 0 Å². The van der Waals surface area contributed by atoms with Crippen LogP contribution in [0.2, 0.25) is 0 Å². The highest BCUT2D eigenvalue weighted by Crippen LogP contribution is 2.20. The van der Waals surface area contributed by atoms with Crippen molar-refractivity contribution in [1.82, 2.24) is 16.0 Å². The van der Waals surface area contributed by atoms with Gasteiger partial charge in [-0.25, -0.2) is 0 Å². The van der Waals surface area contributed by atoms with Gasteiger partial charge in [0.2, 0.25) is 5.91 Å². The Labute approximate surface area is 150 Å². The van der Waals surface area contributed by atoms with Gasteiger partial charge >= 0.3 is 0 Å². The van der Waals surface area contributed by atoms with E-state index in [9.17, 15) is 9.59 Å². The number of benzene rings is 1. The second-order valence-electron chi connectivity index (χ2n) is 7.50. The van der Waals surface area contributed by atoms with E-state index in [2.05, 4.69) is 22.0 Å². The van der Waals surface area contributed by atoms with Gasteiger partial charge in [0.25, 0.3) is 5.91 Å². The molecule has 0 aromatic heterocycles. The molecule has 0 bridgehead atoms.